The molecule has 128 valence electrons. The van der Waals surface area contributed by atoms with Crippen molar-refractivity contribution in [2.24, 2.45) is 7.05 Å². The van der Waals surface area contributed by atoms with Crippen LogP contribution in [0.25, 0.3) is 11.3 Å². The summed E-state index contributed by atoms with van der Waals surface area (Å²) in [5.74, 6) is 0. The zero-order valence-corrected chi connectivity index (χ0v) is 14.0. The maximum Gasteiger partial charge on any atom is 0.319 e. The van der Waals surface area contributed by atoms with Crippen molar-refractivity contribution in [3.63, 3.8) is 0 Å². The minimum atomic E-state index is -0.352. The fraction of sp³-hybridized carbons (Fsp3) is 0.167. The lowest BCUT2D eigenvalue weighted by Crippen LogP contribution is -2.28. The lowest BCUT2D eigenvalue weighted by molar-refractivity contribution is 0.251. The Morgan fingerprint density at radius 2 is 2.04 bits per heavy atom. The number of H-pyrrole nitrogens is 1. The zero-order valence-electron chi connectivity index (χ0n) is 14.0. The molecule has 0 aliphatic heterocycles. The summed E-state index contributed by atoms with van der Waals surface area (Å²) < 4.78 is 1.72. The van der Waals surface area contributed by atoms with Crippen molar-refractivity contribution >= 4 is 11.7 Å². The first kappa shape index (κ1) is 16.5. The fourth-order valence-electron chi connectivity index (χ4n) is 2.53. The number of pyridine rings is 1. The van der Waals surface area contributed by atoms with E-state index in [-0.39, 0.29) is 11.6 Å². The number of aromatic nitrogens is 3. The number of carbonyl (C=O) groups is 1. The molecule has 2 aromatic heterocycles. The van der Waals surface area contributed by atoms with E-state index in [1.165, 1.54) is 6.20 Å². The summed E-state index contributed by atoms with van der Waals surface area (Å²) in [5.41, 5.74) is 3.65. The highest BCUT2D eigenvalue weighted by atomic mass is 16.2. The first-order chi connectivity index (χ1) is 12.0. The highest BCUT2D eigenvalue weighted by Crippen LogP contribution is 2.21. The van der Waals surface area contributed by atoms with Crippen LogP contribution in [0.5, 0.6) is 0 Å². The number of urea groups is 1. The van der Waals surface area contributed by atoms with Gasteiger partial charge in [-0.25, -0.2) is 4.79 Å². The molecule has 0 spiro atoms. The number of aromatic amines is 1. The van der Waals surface area contributed by atoms with Gasteiger partial charge in [0.05, 0.1) is 11.4 Å². The van der Waals surface area contributed by atoms with Crippen LogP contribution in [0, 0.1) is 6.92 Å². The van der Waals surface area contributed by atoms with Crippen LogP contribution in [-0.4, -0.2) is 20.8 Å². The highest BCUT2D eigenvalue weighted by molar-refractivity contribution is 5.89. The molecule has 7 nitrogen and oxygen atoms in total. The van der Waals surface area contributed by atoms with Gasteiger partial charge >= 0.3 is 6.03 Å². The lowest BCUT2D eigenvalue weighted by Gasteiger charge is -2.08. The van der Waals surface area contributed by atoms with E-state index in [1.807, 2.05) is 43.6 Å². The lowest BCUT2D eigenvalue weighted by atomic mass is 10.1. The summed E-state index contributed by atoms with van der Waals surface area (Å²) in [6, 6.07) is 11.1. The number of anilines is 1. The molecule has 0 bridgehead atoms. The number of nitrogens with zero attached hydrogens (tertiary/aromatic N) is 2. The van der Waals surface area contributed by atoms with Gasteiger partial charge in [0.2, 0.25) is 0 Å². The molecule has 3 rings (SSSR count). The molecule has 25 heavy (non-hydrogen) atoms. The summed E-state index contributed by atoms with van der Waals surface area (Å²) in [5, 5.41) is 9.98. The second-order valence-electron chi connectivity index (χ2n) is 5.75. The van der Waals surface area contributed by atoms with Crippen molar-refractivity contribution in [2.75, 3.05) is 5.32 Å². The molecule has 2 amide bonds. The molecule has 3 aromatic rings. The van der Waals surface area contributed by atoms with Gasteiger partial charge in [-0.15, -0.1) is 0 Å². The first-order valence-corrected chi connectivity index (χ1v) is 7.85. The van der Waals surface area contributed by atoms with Crippen LogP contribution in [0.2, 0.25) is 0 Å². The highest BCUT2D eigenvalue weighted by Gasteiger charge is 2.11. The Morgan fingerprint density at radius 3 is 2.76 bits per heavy atom. The van der Waals surface area contributed by atoms with E-state index in [9.17, 15) is 9.59 Å². The molecule has 1 aromatic carbocycles. The van der Waals surface area contributed by atoms with Crippen LogP contribution in [0.15, 0.2) is 53.6 Å². The summed E-state index contributed by atoms with van der Waals surface area (Å²) >= 11 is 0. The Hall–Kier alpha value is -3.35. The molecule has 2 heterocycles. The number of nitrogens with one attached hydrogen (secondary N) is 3. The van der Waals surface area contributed by atoms with E-state index in [0.29, 0.717) is 17.8 Å². The quantitative estimate of drug-likeness (QED) is 0.682. The second-order valence-corrected chi connectivity index (χ2v) is 5.75. The summed E-state index contributed by atoms with van der Waals surface area (Å²) in [6.07, 6.45) is 3.35. The predicted molar refractivity (Wildman–Crippen MR) is 96.3 cm³/mol. The minimum Gasteiger partial charge on any atom is -0.334 e. The van der Waals surface area contributed by atoms with Gasteiger partial charge in [-0.3, -0.25) is 9.48 Å². The van der Waals surface area contributed by atoms with Crippen molar-refractivity contribution in [1.82, 2.24) is 20.1 Å². The molecule has 3 N–H and O–H groups in total. The number of amides is 2. The Morgan fingerprint density at radius 1 is 1.28 bits per heavy atom. The average molecular weight is 337 g/mol. The molecule has 0 aliphatic rings. The summed E-state index contributed by atoms with van der Waals surface area (Å²) in [7, 11) is 1.85. The van der Waals surface area contributed by atoms with Gasteiger partial charge in [-0.05, 0) is 13.0 Å². The molecule has 0 aliphatic carbocycles. The van der Waals surface area contributed by atoms with Crippen LogP contribution in [0.4, 0.5) is 10.5 Å². The number of carbonyl (C=O) groups excluding carboxylic acids is 1. The van der Waals surface area contributed by atoms with Gasteiger partial charge in [-0.1, -0.05) is 30.3 Å². The van der Waals surface area contributed by atoms with Crippen molar-refractivity contribution in [1.29, 1.82) is 0 Å². The monoisotopic (exact) mass is 337 g/mol. The van der Waals surface area contributed by atoms with Crippen LogP contribution in [0.3, 0.4) is 0 Å². The standard InChI is InChI=1S/C18H19N5O2/c1-12-8-15(10-19-17(12)24)21-18(25)20-9-14-11-23(2)22-16(14)13-6-4-3-5-7-13/h3-8,10-11H,9H2,1-2H3,(H,19,24)(H2,20,21,25). The third kappa shape index (κ3) is 3.95. The number of hydrogen-bond acceptors (Lipinski definition) is 3. The molecular formula is C18H19N5O2. The smallest absolute Gasteiger partial charge is 0.319 e. The van der Waals surface area contributed by atoms with Crippen LogP contribution in [0.1, 0.15) is 11.1 Å². The van der Waals surface area contributed by atoms with E-state index in [2.05, 4.69) is 20.7 Å². The number of rotatable bonds is 4. The SMILES string of the molecule is Cc1cc(NC(=O)NCc2cn(C)nc2-c2ccccc2)c[nH]c1=O. The predicted octanol–water partition coefficient (Wildman–Crippen LogP) is 2.41. The van der Waals surface area contributed by atoms with Gasteiger partial charge in [0.15, 0.2) is 0 Å². The number of benzene rings is 1. The van der Waals surface area contributed by atoms with E-state index < -0.39 is 0 Å². The zero-order chi connectivity index (χ0) is 17.8. The fourth-order valence-corrected chi connectivity index (χ4v) is 2.53. The van der Waals surface area contributed by atoms with E-state index in [0.717, 1.165) is 16.8 Å². The Labute approximate surface area is 144 Å². The number of hydrogen-bond donors (Lipinski definition) is 3. The van der Waals surface area contributed by atoms with Gasteiger partial charge < -0.3 is 15.6 Å². The van der Waals surface area contributed by atoms with Gasteiger partial charge in [0.25, 0.3) is 5.56 Å². The normalized spacial score (nSPS) is 10.5. The summed E-state index contributed by atoms with van der Waals surface area (Å²) in [6.45, 7) is 2.02. The van der Waals surface area contributed by atoms with Crippen LogP contribution >= 0.6 is 0 Å². The molecular weight excluding hydrogens is 318 g/mol. The van der Waals surface area contributed by atoms with Crippen molar-refractivity contribution in [3.8, 4) is 11.3 Å². The Kier molecular flexibility index (Phi) is 4.65. The molecule has 0 fully saturated rings. The van der Waals surface area contributed by atoms with Gasteiger partial charge in [0.1, 0.15) is 0 Å². The third-order valence-electron chi connectivity index (χ3n) is 3.74. The molecule has 0 radical (unpaired) electrons. The molecule has 0 saturated carbocycles. The molecule has 7 heteroatoms. The van der Waals surface area contributed by atoms with E-state index >= 15 is 0 Å². The van der Waals surface area contributed by atoms with E-state index in [4.69, 9.17) is 0 Å². The molecule has 0 unspecified atom stereocenters. The Balaban J connectivity index is 1.68. The van der Waals surface area contributed by atoms with Crippen molar-refractivity contribution in [2.45, 2.75) is 13.5 Å². The maximum absolute atomic E-state index is 12.1. The third-order valence-corrected chi connectivity index (χ3v) is 3.74. The Bertz CT molecular complexity index is 944. The molecule has 0 atom stereocenters. The van der Waals surface area contributed by atoms with Crippen molar-refractivity contribution in [3.05, 3.63) is 70.3 Å². The minimum absolute atomic E-state index is 0.172. The topological polar surface area (TPSA) is 91.8 Å². The summed E-state index contributed by atoms with van der Waals surface area (Å²) in [4.78, 5) is 26.0. The van der Waals surface area contributed by atoms with Gasteiger partial charge in [0, 0.05) is 42.7 Å². The second kappa shape index (κ2) is 7.04. The maximum atomic E-state index is 12.1. The number of aryl methyl sites for hydroxylation is 2. The largest absolute Gasteiger partial charge is 0.334 e. The van der Waals surface area contributed by atoms with E-state index in [1.54, 1.807) is 17.7 Å². The van der Waals surface area contributed by atoms with Crippen molar-refractivity contribution < 1.29 is 4.79 Å². The molecule has 0 saturated heterocycles. The average Bonchev–Trinajstić information content (AvgIpc) is 2.98. The first-order valence-electron chi connectivity index (χ1n) is 7.85. The van der Waals surface area contributed by atoms with Crippen LogP contribution in [-0.2, 0) is 13.6 Å². The van der Waals surface area contributed by atoms with Gasteiger partial charge in [-0.2, -0.15) is 5.10 Å². The van der Waals surface area contributed by atoms with Crippen LogP contribution < -0.4 is 16.2 Å².